The standard InChI is InChI=1S/C10H13N3OS/c1-3-8(11-2)10-13-12-9(15-10)7-4-5-14-6-7/h4-6,8,11H,3H2,1-2H3. The second-order valence-electron chi connectivity index (χ2n) is 3.21. The molecule has 1 unspecified atom stereocenters. The van der Waals surface area contributed by atoms with Crippen molar-refractivity contribution in [3.63, 3.8) is 0 Å². The number of hydrogen-bond donors (Lipinski definition) is 1. The van der Waals surface area contributed by atoms with Crippen LogP contribution in [0, 0.1) is 0 Å². The average Bonchev–Trinajstić information content (AvgIpc) is 2.89. The Bertz CT molecular complexity index is 406. The van der Waals surface area contributed by atoms with Crippen LogP contribution in [-0.4, -0.2) is 17.2 Å². The summed E-state index contributed by atoms with van der Waals surface area (Å²) in [5, 5.41) is 13.5. The summed E-state index contributed by atoms with van der Waals surface area (Å²) >= 11 is 1.60. The summed E-state index contributed by atoms with van der Waals surface area (Å²) in [5.74, 6) is 0. The fraction of sp³-hybridized carbons (Fsp3) is 0.400. The molecule has 4 nitrogen and oxygen atoms in total. The fourth-order valence-electron chi connectivity index (χ4n) is 1.38. The molecular formula is C10H13N3OS. The molecule has 5 heteroatoms. The highest BCUT2D eigenvalue weighted by molar-refractivity contribution is 7.14. The Morgan fingerprint density at radius 3 is 3.00 bits per heavy atom. The first kappa shape index (κ1) is 10.3. The predicted molar refractivity (Wildman–Crippen MR) is 59.7 cm³/mol. The van der Waals surface area contributed by atoms with E-state index in [1.165, 1.54) is 0 Å². The molecule has 0 aliphatic carbocycles. The van der Waals surface area contributed by atoms with Crippen LogP contribution in [0.3, 0.4) is 0 Å². The Hall–Kier alpha value is -1.20. The van der Waals surface area contributed by atoms with Crippen molar-refractivity contribution in [3.05, 3.63) is 23.6 Å². The highest BCUT2D eigenvalue weighted by atomic mass is 32.1. The van der Waals surface area contributed by atoms with Gasteiger partial charge in [0.25, 0.3) is 0 Å². The minimum absolute atomic E-state index is 0.295. The topological polar surface area (TPSA) is 51.0 Å². The number of nitrogens with one attached hydrogen (secondary N) is 1. The summed E-state index contributed by atoms with van der Waals surface area (Å²) in [6.07, 6.45) is 4.34. The molecule has 2 heterocycles. The number of nitrogens with zero attached hydrogens (tertiary/aromatic N) is 2. The molecule has 0 aliphatic heterocycles. The summed E-state index contributed by atoms with van der Waals surface area (Å²) in [5.41, 5.74) is 0.990. The van der Waals surface area contributed by atoms with Gasteiger partial charge >= 0.3 is 0 Å². The Morgan fingerprint density at radius 2 is 2.40 bits per heavy atom. The SMILES string of the molecule is CCC(NC)c1nnc(-c2ccoc2)s1. The third-order valence-electron chi connectivity index (χ3n) is 2.26. The normalized spacial score (nSPS) is 12.9. The summed E-state index contributed by atoms with van der Waals surface area (Å²) in [4.78, 5) is 0. The van der Waals surface area contributed by atoms with Crippen LogP contribution in [0.5, 0.6) is 0 Å². The zero-order valence-electron chi connectivity index (χ0n) is 8.73. The largest absolute Gasteiger partial charge is 0.472 e. The maximum absolute atomic E-state index is 5.01. The van der Waals surface area contributed by atoms with Gasteiger partial charge in [-0.2, -0.15) is 0 Å². The van der Waals surface area contributed by atoms with Crippen molar-refractivity contribution < 1.29 is 4.42 Å². The molecule has 1 atom stereocenters. The van der Waals surface area contributed by atoms with Crippen molar-refractivity contribution in [1.29, 1.82) is 0 Å². The molecule has 0 radical (unpaired) electrons. The lowest BCUT2D eigenvalue weighted by atomic mass is 10.2. The molecule has 80 valence electrons. The number of hydrogen-bond acceptors (Lipinski definition) is 5. The number of furan rings is 1. The van der Waals surface area contributed by atoms with Crippen molar-refractivity contribution in [2.24, 2.45) is 0 Å². The Balaban J connectivity index is 2.24. The Kier molecular flexibility index (Phi) is 3.13. The number of aromatic nitrogens is 2. The smallest absolute Gasteiger partial charge is 0.151 e. The Labute approximate surface area is 92.3 Å². The molecule has 0 spiro atoms. The number of rotatable bonds is 4. The monoisotopic (exact) mass is 223 g/mol. The zero-order valence-corrected chi connectivity index (χ0v) is 9.54. The van der Waals surface area contributed by atoms with Crippen LogP contribution in [0.1, 0.15) is 24.4 Å². The maximum Gasteiger partial charge on any atom is 0.151 e. The molecule has 15 heavy (non-hydrogen) atoms. The van der Waals surface area contributed by atoms with Crippen molar-refractivity contribution in [2.45, 2.75) is 19.4 Å². The molecule has 0 saturated heterocycles. The molecule has 0 bridgehead atoms. The van der Waals surface area contributed by atoms with E-state index in [1.807, 2.05) is 13.1 Å². The molecule has 0 aliphatic rings. The summed E-state index contributed by atoms with van der Waals surface area (Å²) < 4.78 is 5.01. The van der Waals surface area contributed by atoms with Crippen LogP contribution >= 0.6 is 11.3 Å². The van der Waals surface area contributed by atoms with Gasteiger partial charge in [0.2, 0.25) is 0 Å². The maximum atomic E-state index is 5.01. The minimum atomic E-state index is 0.295. The van der Waals surface area contributed by atoms with Gasteiger partial charge in [-0.25, -0.2) is 0 Å². The van der Waals surface area contributed by atoms with Gasteiger partial charge < -0.3 is 9.73 Å². The van der Waals surface area contributed by atoms with Crippen LogP contribution in [0.25, 0.3) is 10.6 Å². The van der Waals surface area contributed by atoms with Gasteiger partial charge in [-0.1, -0.05) is 18.3 Å². The van der Waals surface area contributed by atoms with E-state index in [0.29, 0.717) is 6.04 Å². The van der Waals surface area contributed by atoms with E-state index in [4.69, 9.17) is 4.42 Å². The van der Waals surface area contributed by atoms with Gasteiger partial charge in [0, 0.05) is 0 Å². The van der Waals surface area contributed by atoms with Crippen LogP contribution < -0.4 is 5.32 Å². The van der Waals surface area contributed by atoms with Gasteiger partial charge in [-0.3, -0.25) is 0 Å². The highest BCUT2D eigenvalue weighted by Crippen LogP contribution is 2.27. The molecule has 0 aromatic carbocycles. The highest BCUT2D eigenvalue weighted by Gasteiger charge is 2.14. The summed E-state index contributed by atoms with van der Waals surface area (Å²) in [6.45, 7) is 2.13. The molecular weight excluding hydrogens is 210 g/mol. The van der Waals surface area contributed by atoms with Gasteiger partial charge in [0.15, 0.2) is 5.01 Å². The third-order valence-corrected chi connectivity index (χ3v) is 3.35. The zero-order chi connectivity index (χ0) is 10.7. The van der Waals surface area contributed by atoms with E-state index in [-0.39, 0.29) is 0 Å². The second kappa shape index (κ2) is 4.55. The van der Waals surface area contributed by atoms with E-state index < -0.39 is 0 Å². The molecule has 0 saturated carbocycles. The second-order valence-corrected chi connectivity index (χ2v) is 4.22. The van der Waals surface area contributed by atoms with E-state index in [2.05, 4.69) is 22.4 Å². The van der Waals surface area contributed by atoms with Crippen molar-refractivity contribution in [2.75, 3.05) is 7.05 Å². The molecule has 2 aromatic heterocycles. The van der Waals surface area contributed by atoms with Gasteiger partial charge in [-0.15, -0.1) is 10.2 Å². The third kappa shape index (κ3) is 2.08. The van der Waals surface area contributed by atoms with E-state index in [9.17, 15) is 0 Å². The van der Waals surface area contributed by atoms with E-state index in [1.54, 1.807) is 23.9 Å². The van der Waals surface area contributed by atoms with Crippen LogP contribution in [0.15, 0.2) is 23.0 Å². The van der Waals surface area contributed by atoms with Gasteiger partial charge in [0.1, 0.15) is 11.3 Å². The lowest BCUT2D eigenvalue weighted by Gasteiger charge is -2.07. The van der Waals surface area contributed by atoms with E-state index >= 15 is 0 Å². The fourth-order valence-corrected chi connectivity index (χ4v) is 2.40. The summed E-state index contributed by atoms with van der Waals surface area (Å²) in [6, 6.07) is 2.19. The lowest BCUT2D eigenvalue weighted by molar-refractivity contribution is 0.567. The van der Waals surface area contributed by atoms with Crippen LogP contribution in [-0.2, 0) is 0 Å². The van der Waals surface area contributed by atoms with Crippen molar-refractivity contribution >= 4 is 11.3 Å². The van der Waals surface area contributed by atoms with Crippen LogP contribution in [0.2, 0.25) is 0 Å². The van der Waals surface area contributed by atoms with E-state index in [0.717, 1.165) is 22.0 Å². The Morgan fingerprint density at radius 1 is 1.53 bits per heavy atom. The first-order valence-corrected chi connectivity index (χ1v) is 5.70. The average molecular weight is 223 g/mol. The quantitative estimate of drug-likeness (QED) is 0.865. The lowest BCUT2D eigenvalue weighted by Crippen LogP contribution is -2.14. The predicted octanol–water partition coefficient (Wildman–Crippen LogP) is 2.47. The first-order valence-electron chi connectivity index (χ1n) is 4.88. The molecule has 2 aromatic rings. The minimum Gasteiger partial charge on any atom is -0.472 e. The van der Waals surface area contributed by atoms with Crippen LogP contribution in [0.4, 0.5) is 0 Å². The van der Waals surface area contributed by atoms with Crippen molar-refractivity contribution in [3.8, 4) is 10.6 Å². The van der Waals surface area contributed by atoms with Gasteiger partial charge in [-0.05, 0) is 19.5 Å². The molecule has 0 fully saturated rings. The van der Waals surface area contributed by atoms with Gasteiger partial charge in [0.05, 0.1) is 17.9 Å². The molecule has 2 rings (SSSR count). The molecule has 1 N–H and O–H groups in total. The first-order chi connectivity index (χ1) is 7.35. The van der Waals surface area contributed by atoms with Crippen molar-refractivity contribution in [1.82, 2.24) is 15.5 Å². The summed E-state index contributed by atoms with van der Waals surface area (Å²) in [7, 11) is 1.94. The molecule has 0 amide bonds.